The van der Waals surface area contributed by atoms with Crippen molar-refractivity contribution in [2.24, 2.45) is 0 Å². The molecule has 0 aliphatic heterocycles. The van der Waals surface area contributed by atoms with E-state index in [1.807, 2.05) is 12.1 Å². The third kappa shape index (κ3) is 4.52. The zero-order chi connectivity index (χ0) is 17.6. The average molecular weight is 423 g/mol. The van der Waals surface area contributed by atoms with Gasteiger partial charge in [0.15, 0.2) is 13.6 Å². The molecule has 6 heteroatoms. The molecule has 0 N–H and O–H groups in total. The molecule has 3 rings (SSSR count). The lowest BCUT2D eigenvalue weighted by Gasteiger charge is -2.14. The van der Waals surface area contributed by atoms with Crippen molar-refractivity contribution in [2.75, 3.05) is 27.8 Å². The summed E-state index contributed by atoms with van der Waals surface area (Å²) in [4.78, 5) is 1.28. The molecule has 0 saturated carbocycles. The molecule has 1 heterocycles. The Morgan fingerprint density at radius 2 is 1.64 bits per heavy atom. The fourth-order valence-electron chi connectivity index (χ4n) is 2.52. The number of fused-ring (bicyclic) bond motifs is 1. The average Bonchev–Trinajstić information content (AvgIpc) is 3.02. The van der Waals surface area contributed by atoms with Crippen LogP contribution in [0.5, 0.6) is 11.5 Å². The second-order valence-corrected chi connectivity index (χ2v) is 7.44. The maximum Gasteiger partial charge on any atom is 0.188 e. The minimum Gasteiger partial charge on any atom is -0.467 e. The van der Waals surface area contributed by atoms with Gasteiger partial charge in [-0.2, -0.15) is 0 Å². The van der Waals surface area contributed by atoms with Crippen molar-refractivity contribution in [3.63, 3.8) is 0 Å². The Bertz CT molecular complexity index is 814. The molecule has 4 nitrogen and oxygen atoms in total. The van der Waals surface area contributed by atoms with Crippen LogP contribution in [0.4, 0.5) is 0 Å². The van der Waals surface area contributed by atoms with Crippen LogP contribution in [0, 0.1) is 0 Å². The van der Waals surface area contributed by atoms with Crippen LogP contribution in [0.1, 0.15) is 10.4 Å². The molecule has 2 aromatic carbocycles. The van der Waals surface area contributed by atoms with E-state index in [1.54, 1.807) is 25.6 Å². The van der Waals surface area contributed by atoms with Crippen molar-refractivity contribution in [2.45, 2.75) is 6.42 Å². The molecule has 0 aliphatic rings. The molecule has 0 radical (unpaired) electrons. The van der Waals surface area contributed by atoms with Crippen molar-refractivity contribution >= 4 is 37.4 Å². The number of halogens is 1. The topological polar surface area (TPSA) is 36.9 Å². The van der Waals surface area contributed by atoms with Gasteiger partial charge in [-0.25, -0.2) is 0 Å². The van der Waals surface area contributed by atoms with Crippen molar-refractivity contribution in [1.82, 2.24) is 0 Å². The fourth-order valence-corrected chi connectivity index (χ4v) is 4.11. The van der Waals surface area contributed by atoms with E-state index in [0.29, 0.717) is 5.75 Å². The first kappa shape index (κ1) is 18.2. The van der Waals surface area contributed by atoms with Crippen LogP contribution >= 0.6 is 27.3 Å². The molecule has 25 heavy (non-hydrogen) atoms. The van der Waals surface area contributed by atoms with Crippen LogP contribution in [-0.4, -0.2) is 27.8 Å². The lowest BCUT2D eigenvalue weighted by atomic mass is 10.1. The normalized spacial score (nSPS) is 11.0. The lowest BCUT2D eigenvalue weighted by molar-refractivity contribution is 0.0453. The summed E-state index contributed by atoms with van der Waals surface area (Å²) in [6.07, 6.45) is 0.779. The Morgan fingerprint density at radius 1 is 0.920 bits per heavy atom. The minimum absolute atomic E-state index is 0.179. The molecule has 0 atom stereocenters. The first-order chi connectivity index (χ1) is 12.2. The standard InChI is InChI=1S/C19H19BrO4S/c1-21-11-23-17-10-18(24-12-22-2)16(20)9-14(17)8-15-7-13-5-3-4-6-19(13)25-15/h3-7,9-10H,8,11-12H2,1-2H3. The molecular formula is C19H19BrO4S. The van der Waals surface area contributed by atoms with Crippen LogP contribution in [0.3, 0.4) is 0 Å². The lowest BCUT2D eigenvalue weighted by Crippen LogP contribution is -2.04. The van der Waals surface area contributed by atoms with Gasteiger partial charge >= 0.3 is 0 Å². The van der Waals surface area contributed by atoms with E-state index < -0.39 is 0 Å². The largest absolute Gasteiger partial charge is 0.467 e. The molecule has 132 valence electrons. The molecule has 0 amide bonds. The molecule has 0 spiro atoms. The van der Waals surface area contributed by atoms with Crippen molar-refractivity contribution in [3.8, 4) is 11.5 Å². The number of methoxy groups -OCH3 is 2. The predicted octanol–water partition coefficient (Wildman–Crippen LogP) is 5.22. The summed E-state index contributed by atoms with van der Waals surface area (Å²) in [5, 5.41) is 1.26. The molecule has 1 aromatic heterocycles. The maximum absolute atomic E-state index is 5.75. The van der Waals surface area contributed by atoms with E-state index in [0.717, 1.165) is 22.2 Å². The van der Waals surface area contributed by atoms with E-state index in [4.69, 9.17) is 18.9 Å². The fraction of sp³-hybridized carbons (Fsp3) is 0.263. The van der Waals surface area contributed by atoms with Crippen LogP contribution in [0.25, 0.3) is 10.1 Å². The zero-order valence-corrected chi connectivity index (χ0v) is 16.5. The SMILES string of the molecule is COCOc1cc(OCOC)c(Cc2cc3ccccc3s2)cc1Br. The van der Waals surface area contributed by atoms with Gasteiger partial charge in [-0.05, 0) is 39.5 Å². The molecule has 0 bridgehead atoms. The number of hydrogen-bond donors (Lipinski definition) is 0. The quantitative estimate of drug-likeness (QED) is 0.466. The summed E-state index contributed by atoms with van der Waals surface area (Å²) in [6.45, 7) is 0.364. The summed E-state index contributed by atoms with van der Waals surface area (Å²) in [5.41, 5.74) is 1.07. The molecule has 0 saturated heterocycles. The van der Waals surface area contributed by atoms with Gasteiger partial charge in [0.05, 0.1) is 4.47 Å². The highest BCUT2D eigenvalue weighted by molar-refractivity contribution is 9.10. The summed E-state index contributed by atoms with van der Waals surface area (Å²) < 4.78 is 23.5. The number of benzene rings is 2. The highest BCUT2D eigenvalue weighted by Crippen LogP contribution is 2.36. The maximum atomic E-state index is 5.75. The number of thiophene rings is 1. The Balaban J connectivity index is 1.90. The van der Waals surface area contributed by atoms with Gasteiger partial charge in [-0.15, -0.1) is 11.3 Å². The summed E-state index contributed by atoms with van der Waals surface area (Å²) >= 11 is 5.36. The first-order valence-corrected chi connectivity index (χ1v) is 9.35. The van der Waals surface area contributed by atoms with Gasteiger partial charge in [0.25, 0.3) is 0 Å². The Hall–Kier alpha value is -1.60. The van der Waals surface area contributed by atoms with Crippen molar-refractivity contribution in [3.05, 3.63) is 57.4 Å². The highest BCUT2D eigenvalue weighted by atomic mass is 79.9. The van der Waals surface area contributed by atoms with Gasteiger partial charge in [0.1, 0.15) is 11.5 Å². The summed E-state index contributed by atoms with van der Waals surface area (Å²) in [7, 11) is 3.19. The molecule has 0 unspecified atom stereocenters. The van der Waals surface area contributed by atoms with Crippen LogP contribution in [0.15, 0.2) is 46.9 Å². The Morgan fingerprint density at radius 3 is 2.36 bits per heavy atom. The monoisotopic (exact) mass is 422 g/mol. The Kier molecular flexibility index (Phi) is 6.31. The molecule has 0 fully saturated rings. The van der Waals surface area contributed by atoms with Gasteiger partial charge in [-0.1, -0.05) is 18.2 Å². The minimum atomic E-state index is 0.179. The van der Waals surface area contributed by atoms with Crippen LogP contribution < -0.4 is 9.47 Å². The van der Waals surface area contributed by atoms with Gasteiger partial charge < -0.3 is 18.9 Å². The molecule has 3 aromatic rings. The van der Waals surface area contributed by atoms with Crippen molar-refractivity contribution < 1.29 is 18.9 Å². The van der Waals surface area contributed by atoms with Gasteiger partial charge in [0.2, 0.25) is 0 Å². The number of hydrogen-bond acceptors (Lipinski definition) is 5. The molecule has 0 aliphatic carbocycles. The second kappa shape index (κ2) is 8.67. The Labute approximate surface area is 159 Å². The van der Waals surface area contributed by atoms with E-state index in [2.05, 4.69) is 46.3 Å². The van der Waals surface area contributed by atoms with Crippen molar-refractivity contribution in [1.29, 1.82) is 0 Å². The summed E-state index contributed by atoms with van der Waals surface area (Å²) in [6, 6.07) is 14.5. The van der Waals surface area contributed by atoms with Crippen LogP contribution in [-0.2, 0) is 15.9 Å². The van der Waals surface area contributed by atoms with E-state index in [9.17, 15) is 0 Å². The second-order valence-electron chi connectivity index (χ2n) is 5.42. The third-order valence-corrected chi connectivity index (χ3v) is 5.36. The highest BCUT2D eigenvalue weighted by Gasteiger charge is 2.13. The van der Waals surface area contributed by atoms with Gasteiger partial charge in [0, 0.05) is 41.8 Å². The smallest absolute Gasteiger partial charge is 0.188 e. The van der Waals surface area contributed by atoms with Crippen LogP contribution in [0.2, 0.25) is 0 Å². The number of ether oxygens (including phenoxy) is 4. The van der Waals surface area contributed by atoms with E-state index in [-0.39, 0.29) is 13.6 Å². The van der Waals surface area contributed by atoms with Gasteiger partial charge in [-0.3, -0.25) is 0 Å². The molecular weight excluding hydrogens is 404 g/mol. The summed E-state index contributed by atoms with van der Waals surface area (Å²) in [5.74, 6) is 1.42. The van der Waals surface area contributed by atoms with E-state index in [1.165, 1.54) is 15.0 Å². The van der Waals surface area contributed by atoms with E-state index >= 15 is 0 Å². The zero-order valence-electron chi connectivity index (χ0n) is 14.1. The predicted molar refractivity (Wildman–Crippen MR) is 104 cm³/mol. The first-order valence-electron chi connectivity index (χ1n) is 7.74. The number of rotatable bonds is 8. The third-order valence-electron chi connectivity index (χ3n) is 3.62.